The number of ether oxygens (including phenoxy) is 3. The minimum atomic E-state index is -0.822. The topological polar surface area (TPSA) is 108 Å². The summed E-state index contributed by atoms with van der Waals surface area (Å²) in [6.45, 7) is 11.3. The van der Waals surface area contributed by atoms with Gasteiger partial charge in [0.05, 0.1) is 48.5 Å². The van der Waals surface area contributed by atoms with Crippen LogP contribution in [0.1, 0.15) is 64.8 Å². The van der Waals surface area contributed by atoms with Crippen molar-refractivity contribution in [1.82, 2.24) is 14.5 Å². The lowest BCUT2D eigenvalue weighted by Crippen LogP contribution is -2.37. The number of hydrogen-bond acceptors (Lipinski definition) is 7. The first-order valence-corrected chi connectivity index (χ1v) is 13.0. The number of hydrogen-bond donors (Lipinski definition) is 2. The van der Waals surface area contributed by atoms with Gasteiger partial charge in [0.1, 0.15) is 17.2 Å². The summed E-state index contributed by atoms with van der Waals surface area (Å²) in [5.74, 6) is 1.08. The standard InChI is InChI=1S/C28H36N4O5/c1-17(2)32-15-21(20-12-25(30-18(3)33)29-14-23(20)32)22-13-24(36-11-7-27(4,5)34)19-6-9-37-28(26(19)31-22)8-10-35-16-28/h12-15,17,34H,6-11,16H2,1-5H3,(H,29,30,33). The lowest BCUT2D eigenvalue weighted by Gasteiger charge is -2.34. The average molecular weight is 509 g/mol. The van der Waals surface area contributed by atoms with Crippen LogP contribution in [0.4, 0.5) is 5.82 Å². The second-order valence-electron chi connectivity index (χ2n) is 11.0. The molecule has 0 aliphatic carbocycles. The van der Waals surface area contributed by atoms with Crippen LogP contribution in [0.2, 0.25) is 0 Å². The van der Waals surface area contributed by atoms with Gasteiger partial charge in [0.15, 0.2) is 0 Å². The van der Waals surface area contributed by atoms with Gasteiger partial charge in [0, 0.05) is 67.6 Å². The van der Waals surface area contributed by atoms with Gasteiger partial charge in [-0.15, -0.1) is 0 Å². The van der Waals surface area contributed by atoms with Crippen LogP contribution < -0.4 is 10.1 Å². The van der Waals surface area contributed by atoms with Crippen LogP contribution in [-0.2, 0) is 26.3 Å². The van der Waals surface area contributed by atoms with E-state index in [1.54, 1.807) is 20.0 Å². The fourth-order valence-electron chi connectivity index (χ4n) is 5.14. The molecule has 9 nitrogen and oxygen atoms in total. The van der Waals surface area contributed by atoms with Crippen LogP contribution in [-0.4, -0.2) is 57.6 Å². The number of nitrogens with one attached hydrogen (secondary N) is 1. The SMILES string of the molecule is CC(=O)Nc1cc2c(-c3cc(OCCC(C)(C)O)c4c(n3)C3(CCOC3)OCC4)cn(C(C)C)c2cn1. The Hall–Kier alpha value is -3.01. The van der Waals surface area contributed by atoms with E-state index in [1.165, 1.54) is 6.92 Å². The zero-order valence-electron chi connectivity index (χ0n) is 22.3. The molecule has 0 saturated carbocycles. The lowest BCUT2D eigenvalue weighted by molar-refractivity contribution is -0.114. The van der Waals surface area contributed by atoms with Crippen molar-refractivity contribution in [1.29, 1.82) is 0 Å². The predicted octanol–water partition coefficient (Wildman–Crippen LogP) is 4.37. The van der Waals surface area contributed by atoms with Gasteiger partial charge in [-0.1, -0.05) is 0 Å². The van der Waals surface area contributed by atoms with Gasteiger partial charge in [-0.25, -0.2) is 9.97 Å². The molecule has 0 bridgehead atoms. The van der Waals surface area contributed by atoms with E-state index in [9.17, 15) is 9.90 Å². The Bertz CT molecular complexity index is 1320. The quantitative estimate of drug-likeness (QED) is 0.488. The van der Waals surface area contributed by atoms with Crippen molar-refractivity contribution in [3.05, 3.63) is 35.8 Å². The van der Waals surface area contributed by atoms with Gasteiger partial charge in [-0.05, 0) is 33.8 Å². The Labute approximate surface area is 217 Å². The average Bonchev–Trinajstić information content (AvgIpc) is 3.43. The number of nitrogens with zero attached hydrogens (tertiary/aromatic N) is 3. The molecule has 9 heteroatoms. The molecule has 3 aromatic rings. The number of carbonyl (C=O) groups excluding carboxylic acids is 1. The van der Waals surface area contributed by atoms with E-state index in [-0.39, 0.29) is 11.9 Å². The number of aromatic nitrogens is 3. The molecule has 1 spiro atoms. The second-order valence-corrected chi connectivity index (χ2v) is 11.0. The first kappa shape index (κ1) is 25.6. The maximum atomic E-state index is 11.7. The first-order valence-electron chi connectivity index (χ1n) is 13.0. The fraction of sp³-hybridized carbons (Fsp3) is 0.536. The zero-order chi connectivity index (χ0) is 26.4. The highest BCUT2D eigenvalue weighted by molar-refractivity contribution is 5.98. The zero-order valence-corrected chi connectivity index (χ0v) is 22.3. The van der Waals surface area contributed by atoms with Crippen molar-refractivity contribution in [2.75, 3.05) is 31.7 Å². The van der Waals surface area contributed by atoms with Crippen molar-refractivity contribution >= 4 is 22.6 Å². The Morgan fingerprint density at radius 3 is 2.81 bits per heavy atom. The molecule has 2 N–H and O–H groups in total. The molecule has 0 radical (unpaired) electrons. The Kier molecular flexibility index (Phi) is 6.72. The van der Waals surface area contributed by atoms with Crippen LogP contribution in [0.5, 0.6) is 5.75 Å². The largest absolute Gasteiger partial charge is 0.493 e. The molecule has 2 aliphatic rings. The number of rotatable bonds is 7. The van der Waals surface area contributed by atoms with Gasteiger partial charge in [-0.2, -0.15) is 0 Å². The molecular weight excluding hydrogens is 472 g/mol. The van der Waals surface area contributed by atoms with E-state index in [4.69, 9.17) is 19.2 Å². The molecule has 1 unspecified atom stereocenters. The van der Waals surface area contributed by atoms with Crippen LogP contribution in [0, 0.1) is 0 Å². The van der Waals surface area contributed by atoms with E-state index in [0.717, 1.165) is 45.6 Å². The van der Waals surface area contributed by atoms with E-state index in [1.807, 2.05) is 12.1 Å². The van der Waals surface area contributed by atoms with Gasteiger partial charge in [0.25, 0.3) is 0 Å². The fourth-order valence-corrected chi connectivity index (χ4v) is 5.14. The predicted molar refractivity (Wildman–Crippen MR) is 141 cm³/mol. The summed E-state index contributed by atoms with van der Waals surface area (Å²) in [4.78, 5) is 21.4. The number of pyridine rings is 2. The molecule has 5 rings (SSSR count). The number of amides is 1. The van der Waals surface area contributed by atoms with E-state index < -0.39 is 11.2 Å². The Balaban J connectivity index is 1.68. The lowest BCUT2D eigenvalue weighted by atomic mass is 9.89. The van der Waals surface area contributed by atoms with Crippen LogP contribution in [0.25, 0.3) is 22.2 Å². The second kappa shape index (κ2) is 9.70. The van der Waals surface area contributed by atoms with Gasteiger partial charge >= 0.3 is 0 Å². The highest BCUT2D eigenvalue weighted by Crippen LogP contribution is 2.44. The summed E-state index contributed by atoms with van der Waals surface area (Å²) in [6.07, 6.45) is 5.82. The monoisotopic (exact) mass is 508 g/mol. The summed E-state index contributed by atoms with van der Waals surface area (Å²) in [5.41, 5.74) is 3.15. The van der Waals surface area contributed by atoms with Crippen molar-refractivity contribution in [3.8, 4) is 17.0 Å². The molecule has 5 heterocycles. The van der Waals surface area contributed by atoms with E-state index in [0.29, 0.717) is 45.1 Å². The summed E-state index contributed by atoms with van der Waals surface area (Å²) >= 11 is 0. The molecule has 1 atom stereocenters. The molecule has 1 saturated heterocycles. The van der Waals surface area contributed by atoms with Crippen LogP contribution in [0.15, 0.2) is 24.5 Å². The minimum Gasteiger partial charge on any atom is -0.493 e. The van der Waals surface area contributed by atoms with Gasteiger partial charge < -0.3 is 29.2 Å². The van der Waals surface area contributed by atoms with Gasteiger partial charge in [0.2, 0.25) is 5.91 Å². The maximum Gasteiger partial charge on any atom is 0.222 e. The number of aliphatic hydroxyl groups is 1. The molecule has 198 valence electrons. The summed E-state index contributed by atoms with van der Waals surface area (Å²) < 4.78 is 20.6. The number of carbonyl (C=O) groups is 1. The summed E-state index contributed by atoms with van der Waals surface area (Å²) in [5, 5.41) is 14.0. The molecule has 1 amide bonds. The maximum absolute atomic E-state index is 11.7. The van der Waals surface area contributed by atoms with E-state index in [2.05, 4.69) is 34.9 Å². The summed E-state index contributed by atoms with van der Waals surface area (Å²) in [6, 6.07) is 4.09. The highest BCUT2D eigenvalue weighted by Gasteiger charge is 2.44. The van der Waals surface area contributed by atoms with Crippen molar-refractivity contribution in [2.24, 2.45) is 0 Å². The molecule has 2 aliphatic heterocycles. The van der Waals surface area contributed by atoms with Crippen molar-refractivity contribution in [2.45, 2.75) is 71.1 Å². The number of fused-ring (bicyclic) bond motifs is 3. The molecule has 1 fully saturated rings. The smallest absolute Gasteiger partial charge is 0.222 e. The molecule has 0 aromatic carbocycles. The Morgan fingerprint density at radius 1 is 1.32 bits per heavy atom. The minimum absolute atomic E-state index is 0.175. The number of anilines is 1. The summed E-state index contributed by atoms with van der Waals surface area (Å²) in [7, 11) is 0. The van der Waals surface area contributed by atoms with Crippen LogP contribution >= 0.6 is 0 Å². The molecule has 37 heavy (non-hydrogen) atoms. The Morgan fingerprint density at radius 2 is 2.14 bits per heavy atom. The van der Waals surface area contributed by atoms with Crippen LogP contribution in [0.3, 0.4) is 0 Å². The van der Waals surface area contributed by atoms with Crippen molar-refractivity contribution in [3.63, 3.8) is 0 Å². The highest BCUT2D eigenvalue weighted by atomic mass is 16.6. The van der Waals surface area contributed by atoms with Gasteiger partial charge in [-0.3, -0.25) is 4.79 Å². The third-order valence-electron chi connectivity index (χ3n) is 7.06. The first-order chi connectivity index (χ1) is 17.6. The third kappa shape index (κ3) is 5.08. The normalized spacial score (nSPS) is 19.5. The molecule has 3 aromatic heterocycles. The van der Waals surface area contributed by atoms with Crippen molar-refractivity contribution < 1.29 is 24.1 Å². The van der Waals surface area contributed by atoms with E-state index >= 15 is 0 Å². The third-order valence-corrected chi connectivity index (χ3v) is 7.06. The molecular formula is C28H36N4O5.